The standard InChI is InChI=1S/C18H16F2N2O2S2/c19-13-8-14(20)10-15(9-13)26(23,24)22-7-3-4-12(11-22)18-21-16-5-1-2-6-17(16)25-18/h1-2,5-6,8-10,12H,3-4,7,11H2. The molecule has 8 heteroatoms. The Hall–Kier alpha value is -1.90. The van der Waals surface area contributed by atoms with Crippen LogP contribution >= 0.6 is 11.3 Å². The van der Waals surface area contributed by atoms with E-state index in [0.717, 1.165) is 33.8 Å². The molecule has 0 amide bonds. The molecule has 0 N–H and O–H groups in total. The summed E-state index contributed by atoms with van der Waals surface area (Å²) >= 11 is 1.56. The van der Waals surface area contributed by atoms with Gasteiger partial charge in [-0.05, 0) is 37.1 Å². The van der Waals surface area contributed by atoms with Crippen LogP contribution in [0.25, 0.3) is 10.2 Å². The van der Waals surface area contributed by atoms with Gasteiger partial charge in [0.05, 0.1) is 20.1 Å². The SMILES string of the molecule is O=S(=O)(c1cc(F)cc(F)c1)N1CCCC(c2nc3ccccc3s2)C1. The second-order valence-corrected chi connectivity index (χ2v) is 9.33. The zero-order chi connectivity index (χ0) is 18.3. The van der Waals surface area contributed by atoms with Gasteiger partial charge in [0.1, 0.15) is 11.6 Å². The van der Waals surface area contributed by atoms with E-state index in [9.17, 15) is 17.2 Å². The number of benzene rings is 2. The molecule has 4 nitrogen and oxygen atoms in total. The van der Waals surface area contributed by atoms with E-state index in [2.05, 4.69) is 4.98 Å². The first kappa shape index (κ1) is 17.5. The molecule has 26 heavy (non-hydrogen) atoms. The zero-order valence-electron chi connectivity index (χ0n) is 13.7. The molecule has 0 aliphatic carbocycles. The van der Waals surface area contributed by atoms with Crippen molar-refractivity contribution in [1.82, 2.24) is 9.29 Å². The highest BCUT2D eigenvalue weighted by Crippen LogP contribution is 2.34. The minimum absolute atomic E-state index is 0.0191. The van der Waals surface area contributed by atoms with Crippen molar-refractivity contribution >= 4 is 31.6 Å². The van der Waals surface area contributed by atoms with E-state index in [1.807, 2.05) is 24.3 Å². The summed E-state index contributed by atoms with van der Waals surface area (Å²) in [5, 5.41) is 0.900. The Morgan fingerprint density at radius 2 is 1.85 bits per heavy atom. The fraction of sp³-hybridized carbons (Fsp3) is 0.278. The lowest BCUT2D eigenvalue weighted by molar-refractivity contribution is 0.315. The number of hydrogen-bond donors (Lipinski definition) is 0. The minimum atomic E-state index is -3.95. The van der Waals surface area contributed by atoms with Crippen molar-refractivity contribution < 1.29 is 17.2 Å². The van der Waals surface area contributed by atoms with Crippen molar-refractivity contribution in [2.75, 3.05) is 13.1 Å². The van der Waals surface area contributed by atoms with Crippen LogP contribution in [0.2, 0.25) is 0 Å². The van der Waals surface area contributed by atoms with Crippen LogP contribution in [0.4, 0.5) is 8.78 Å². The van der Waals surface area contributed by atoms with Gasteiger partial charge in [-0.2, -0.15) is 4.31 Å². The van der Waals surface area contributed by atoms with Gasteiger partial charge in [0.25, 0.3) is 0 Å². The molecule has 1 fully saturated rings. The van der Waals surface area contributed by atoms with Gasteiger partial charge in [-0.3, -0.25) is 0 Å². The highest BCUT2D eigenvalue weighted by Gasteiger charge is 2.32. The van der Waals surface area contributed by atoms with E-state index in [1.54, 1.807) is 11.3 Å². The van der Waals surface area contributed by atoms with Crippen LogP contribution in [-0.4, -0.2) is 30.8 Å². The van der Waals surface area contributed by atoms with Crippen LogP contribution in [-0.2, 0) is 10.0 Å². The lowest BCUT2D eigenvalue weighted by atomic mass is 10.0. The highest BCUT2D eigenvalue weighted by molar-refractivity contribution is 7.89. The fourth-order valence-electron chi connectivity index (χ4n) is 3.25. The molecule has 0 saturated carbocycles. The molecule has 2 aromatic carbocycles. The molecule has 1 aliphatic rings. The second-order valence-electron chi connectivity index (χ2n) is 6.33. The number of hydrogen-bond acceptors (Lipinski definition) is 4. The molecule has 1 atom stereocenters. The average molecular weight is 394 g/mol. The number of sulfonamides is 1. The summed E-state index contributed by atoms with van der Waals surface area (Å²) < 4.78 is 54.9. The lowest BCUT2D eigenvalue weighted by Gasteiger charge is -2.31. The summed E-state index contributed by atoms with van der Waals surface area (Å²) in [6.45, 7) is 0.599. The number of nitrogens with zero attached hydrogens (tertiary/aromatic N) is 2. The third kappa shape index (κ3) is 3.24. The zero-order valence-corrected chi connectivity index (χ0v) is 15.4. The third-order valence-electron chi connectivity index (χ3n) is 4.52. The Labute approximate surface area is 154 Å². The van der Waals surface area contributed by atoms with Gasteiger partial charge >= 0.3 is 0 Å². The monoisotopic (exact) mass is 394 g/mol. The molecule has 1 aromatic heterocycles. The topological polar surface area (TPSA) is 50.3 Å². The number of aromatic nitrogens is 1. The van der Waals surface area contributed by atoms with Crippen molar-refractivity contribution in [2.24, 2.45) is 0 Å². The predicted octanol–water partition coefficient (Wildman–Crippen LogP) is 4.14. The molecule has 1 aliphatic heterocycles. The third-order valence-corrected chi connectivity index (χ3v) is 7.56. The molecule has 2 heterocycles. The number of thiazole rings is 1. The molecule has 1 unspecified atom stereocenters. The minimum Gasteiger partial charge on any atom is -0.241 e. The maximum absolute atomic E-state index is 13.5. The summed E-state index contributed by atoms with van der Waals surface area (Å²) in [7, 11) is -3.95. The Kier molecular flexibility index (Phi) is 4.50. The highest BCUT2D eigenvalue weighted by atomic mass is 32.2. The van der Waals surface area contributed by atoms with E-state index < -0.39 is 21.7 Å². The Bertz CT molecular complexity index is 1010. The molecule has 3 aromatic rings. The molecule has 0 bridgehead atoms. The van der Waals surface area contributed by atoms with Gasteiger partial charge in [0.2, 0.25) is 10.0 Å². The first-order valence-corrected chi connectivity index (χ1v) is 10.5. The molecule has 1 saturated heterocycles. The van der Waals surface area contributed by atoms with Crippen LogP contribution < -0.4 is 0 Å². The molecule has 0 radical (unpaired) electrons. The van der Waals surface area contributed by atoms with Gasteiger partial charge in [-0.25, -0.2) is 22.2 Å². The molecular formula is C18H16F2N2O2S2. The van der Waals surface area contributed by atoms with Crippen molar-refractivity contribution in [3.05, 3.63) is 59.1 Å². The maximum atomic E-state index is 13.5. The summed E-state index contributed by atoms with van der Waals surface area (Å²) in [5.74, 6) is -1.82. The van der Waals surface area contributed by atoms with Gasteiger partial charge in [0.15, 0.2) is 0 Å². The summed E-state index contributed by atoms with van der Waals surface area (Å²) in [5.41, 5.74) is 0.902. The number of para-hydroxylation sites is 1. The van der Waals surface area contributed by atoms with Crippen LogP contribution in [0.1, 0.15) is 23.8 Å². The summed E-state index contributed by atoms with van der Waals surface area (Å²) in [6.07, 6.45) is 1.51. The second kappa shape index (κ2) is 6.68. The molecule has 4 rings (SSSR count). The van der Waals surface area contributed by atoms with Crippen LogP contribution in [0, 0.1) is 11.6 Å². The Morgan fingerprint density at radius 1 is 1.12 bits per heavy atom. The van der Waals surface area contributed by atoms with Crippen LogP contribution in [0.15, 0.2) is 47.4 Å². The lowest BCUT2D eigenvalue weighted by Crippen LogP contribution is -2.39. The number of rotatable bonds is 3. The van der Waals surface area contributed by atoms with E-state index in [0.29, 0.717) is 19.0 Å². The van der Waals surface area contributed by atoms with Crippen LogP contribution in [0.3, 0.4) is 0 Å². The largest absolute Gasteiger partial charge is 0.243 e. The first-order valence-electron chi connectivity index (χ1n) is 8.25. The normalized spacial score (nSPS) is 19.1. The molecule has 0 spiro atoms. The van der Waals surface area contributed by atoms with Gasteiger partial charge < -0.3 is 0 Å². The Balaban J connectivity index is 1.63. The number of halogens is 2. The number of piperidine rings is 1. The van der Waals surface area contributed by atoms with E-state index in [4.69, 9.17) is 0 Å². The Morgan fingerprint density at radius 3 is 2.58 bits per heavy atom. The molecular weight excluding hydrogens is 378 g/mol. The van der Waals surface area contributed by atoms with Gasteiger partial charge in [-0.15, -0.1) is 11.3 Å². The first-order chi connectivity index (χ1) is 12.4. The fourth-order valence-corrected chi connectivity index (χ4v) is 5.91. The average Bonchev–Trinajstić information content (AvgIpc) is 3.05. The van der Waals surface area contributed by atoms with Crippen molar-refractivity contribution in [2.45, 2.75) is 23.7 Å². The van der Waals surface area contributed by atoms with E-state index in [-0.39, 0.29) is 17.4 Å². The van der Waals surface area contributed by atoms with Crippen molar-refractivity contribution in [3.8, 4) is 0 Å². The van der Waals surface area contributed by atoms with Crippen molar-refractivity contribution in [1.29, 1.82) is 0 Å². The van der Waals surface area contributed by atoms with Crippen LogP contribution in [0.5, 0.6) is 0 Å². The number of fused-ring (bicyclic) bond motifs is 1. The molecule has 136 valence electrons. The smallest absolute Gasteiger partial charge is 0.241 e. The van der Waals surface area contributed by atoms with Gasteiger partial charge in [0, 0.05) is 25.1 Å². The van der Waals surface area contributed by atoms with E-state index in [1.165, 1.54) is 4.31 Å². The quantitative estimate of drug-likeness (QED) is 0.671. The van der Waals surface area contributed by atoms with Crippen molar-refractivity contribution in [3.63, 3.8) is 0 Å². The summed E-state index contributed by atoms with van der Waals surface area (Å²) in [6, 6.07) is 10.2. The van der Waals surface area contributed by atoms with Gasteiger partial charge in [-0.1, -0.05) is 12.1 Å². The summed E-state index contributed by atoms with van der Waals surface area (Å²) in [4.78, 5) is 4.28. The van der Waals surface area contributed by atoms with E-state index >= 15 is 0 Å². The maximum Gasteiger partial charge on any atom is 0.243 e. The predicted molar refractivity (Wildman–Crippen MR) is 96.7 cm³/mol.